The molecule has 0 bridgehead atoms. The van der Waals surface area contributed by atoms with Crippen molar-refractivity contribution in [2.45, 2.75) is 0 Å². The van der Waals surface area contributed by atoms with Crippen molar-refractivity contribution in [3.05, 3.63) is 0 Å². The maximum Gasteiger partial charge on any atom is 0.146 e. The zero-order valence-corrected chi connectivity index (χ0v) is 11.7. The summed E-state index contributed by atoms with van der Waals surface area (Å²) in [5.74, 6) is 0. The molecule has 2 aliphatic heterocycles. The molecule has 0 N–H and O–H groups in total. The molecule has 6 heteroatoms. The Morgan fingerprint density at radius 2 is 1.11 bits per heavy atom. The first-order chi connectivity index (χ1) is 9.45. The third-order valence-electron chi connectivity index (χ3n) is 3.48. The molecule has 19 heavy (non-hydrogen) atoms. The number of hydrogen-bond donors (Lipinski definition) is 0. The number of nitrogens with zero attached hydrogens (tertiary/aromatic N) is 2. The lowest BCUT2D eigenvalue weighted by atomic mass is 10.4. The minimum atomic E-state index is 0.397. The van der Waals surface area contributed by atoms with Crippen LogP contribution in [0.15, 0.2) is 0 Å². The second-order valence-corrected chi connectivity index (χ2v) is 4.84. The van der Waals surface area contributed by atoms with Crippen molar-refractivity contribution in [2.75, 3.05) is 85.7 Å². The van der Waals surface area contributed by atoms with Crippen LogP contribution in [0.25, 0.3) is 0 Å². The van der Waals surface area contributed by atoms with Crippen LogP contribution >= 0.6 is 0 Å². The zero-order chi connectivity index (χ0) is 13.2. The van der Waals surface area contributed by atoms with Crippen molar-refractivity contribution in [1.82, 2.24) is 9.80 Å². The molecule has 2 aliphatic rings. The fraction of sp³-hybridized carbons (Fsp3) is 1.00. The summed E-state index contributed by atoms with van der Waals surface area (Å²) < 4.78 is 21.5. The Bertz CT molecular complexity index is 197. The van der Waals surface area contributed by atoms with Crippen LogP contribution in [-0.2, 0) is 18.9 Å². The van der Waals surface area contributed by atoms with Gasteiger partial charge in [0.15, 0.2) is 0 Å². The van der Waals surface area contributed by atoms with Crippen molar-refractivity contribution in [3.63, 3.8) is 0 Å². The third-order valence-corrected chi connectivity index (χ3v) is 3.48. The molecule has 6 nitrogen and oxygen atoms in total. The molecule has 0 aromatic rings. The summed E-state index contributed by atoms with van der Waals surface area (Å²) in [4.78, 5) is 4.72. The normalized spacial score (nSPS) is 22.7. The minimum Gasteiger partial charge on any atom is -0.379 e. The van der Waals surface area contributed by atoms with E-state index >= 15 is 0 Å². The van der Waals surface area contributed by atoms with Gasteiger partial charge in [-0.25, -0.2) is 0 Å². The summed E-state index contributed by atoms with van der Waals surface area (Å²) in [5.41, 5.74) is 0. The van der Waals surface area contributed by atoms with Crippen molar-refractivity contribution in [2.24, 2.45) is 0 Å². The van der Waals surface area contributed by atoms with Gasteiger partial charge in [-0.3, -0.25) is 9.80 Å². The first-order valence-corrected chi connectivity index (χ1v) is 7.21. The molecule has 0 radical (unpaired) electrons. The van der Waals surface area contributed by atoms with E-state index in [1.807, 2.05) is 0 Å². The average Bonchev–Trinajstić information content (AvgIpc) is 2.48. The van der Waals surface area contributed by atoms with Crippen molar-refractivity contribution < 1.29 is 18.9 Å². The highest BCUT2D eigenvalue weighted by molar-refractivity contribution is 4.61. The molecule has 0 aromatic carbocycles. The molecule has 112 valence electrons. The predicted molar refractivity (Wildman–Crippen MR) is 71.3 cm³/mol. The Balaban J connectivity index is 1.35. The monoisotopic (exact) mass is 274 g/mol. The molecule has 0 spiro atoms. The summed E-state index contributed by atoms with van der Waals surface area (Å²) in [6, 6.07) is 0. The molecule has 0 saturated carbocycles. The molecule has 2 heterocycles. The fourth-order valence-corrected chi connectivity index (χ4v) is 2.21. The maximum absolute atomic E-state index is 5.48. The van der Waals surface area contributed by atoms with Gasteiger partial charge in [0.25, 0.3) is 0 Å². The molecule has 2 rings (SSSR count). The van der Waals surface area contributed by atoms with E-state index in [0.717, 1.165) is 78.9 Å². The van der Waals surface area contributed by atoms with Crippen LogP contribution in [0, 0.1) is 0 Å². The number of hydrogen-bond acceptors (Lipinski definition) is 6. The quantitative estimate of drug-likeness (QED) is 0.445. The van der Waals surface area contributed by atoms with Crippen LogP contribution in [0.1, 0.15) is 0 Å². The van der Waals surface area contributed by atoms with Gasteiger partial charge in [-0.2, -0.15) is 0 Å². The Morgan fingerprint density at radius 1 is 0.684 bits per heavy atom. The smallest absolute Gasteiger partial charge is 0.146 e. The molecule has 0 aliphatic carbocycles. The van der Waals surface area contributed by atoms with Crippen molar-refractivity contribution in [3.8, 4) is 0 Å². The largest absolute Gasteiger partial charge is 0.379 e. The summed E-state index contributed by atoms with van der Waals surface area (Å²) in [5, 5.41) is 0. The van der Waals surface area contributed by atoms with Gasteiger partial charge >= 0.3 is 0 Å². The maximum atomic E-state index is 5.48. The lowest BCUT2D eigenvalue weighted by Gasteiger charge is -2.26. The first-order valence-electron chi connectivity index (χ1n) is 7.21. The Kier molecular flexibility index (Phi) is 7.68. The lowest BCUT2D eigenvalue weighted by molar-refractivity contribution is -0.0711. The van der Waals surface area contributed by atoms with Gasteiger partial charge in [0, 0.05) is 39.3 Å². The SMILES string of the molecule is C1CN(CCOCOCCN2CCOCC2)CCO1. The standard InChI is InChI=1S/C13H26N2O4/c1-7-16-8-2-14(1)5-11-18-13-19-12-6-15-3-9-17-10-4-15/h1-13H2. The minimum absolute atomic E-state index is 0.397. The Hall–Kier alpha value is -0.240. The molecule has 2 fully saturated rings. The summed E-state index contributed by atoms with van der Waals surface area (Å²) in [7, 11) is 0. The van der Waals surface area contributed by atoms with Crippen LogP contribution in [-0.4, -0.2) is 95.5 Å². The Morgan fingerprint density at radius 3 is 1.53 bits per heavy atom. The molecule has 0 atom stereocenters. The van der Waals surface area contributed by atoms with Crippen LogP contribution in [0.4, 0.5) is 0 Å². The van der Waals surface area contributed by atoms with Gasteiger partial charge in [-0.15, -0.1) is 0 Å². The average molecular weight is 274 g/mol. The zero-order valence-electron chi connectivity index (χ0n) is 11.7. The van der Waals surface area contributed by atoms with E-state index in [1.165, 1.54) is 0 Å². The molecular formula is C13H26N2O4. The second kappa shape index (κ2) is 9.63. The highest BCUT2D eigenvalue weighted by atomic mass is 16.7. The van der Waals surface area contributed by atoms with E-state index < -0.39 is 0 Å². The van der Waals surface area contributed by atoms with Crippen LogP contribution in [0.3, 0.4) is 0 Å². The topological polar surface area (TPSA) is 43.4 Å². The summed E-state index contributed by atoms with van der Waals surface area (Å²) in [6.45, 7) is 11.2. The lowest BCUT2D eigenvalue weighted by Crippen LogP contribution is -2.39. The highest BCUT2D eigenvalue weighted by Crippen LogP contribution is 1.97. The van der Waals surface area contributed by atoms with Gasteiger partial charge < -0.3 is 18.9 Å². The van der Waals surface area contributed by atoms with E-state index in [0.29, 0.717) is 6.79 Å². The number of ether oxygens (including phenoxy) is 4. The van der Waals surface area contributed by atoms with E-state index in [1.54, 1.807) is 0 Å². The first kappa shape index (κ1) is 15.2. The number of rotatable bonds is 8. The van der Waals surface area contributed by atoms with Crippen LogP contribution < -0.4 is 0 Å². The van der Waals surface area contributed by atoms with Crippen LogP contribution in [0.5, 0.6) is 0 Å². The van der Waals surface area contributed by atoms with Crippen molar-refractivity contribution >= 4 is 0 Å². The van der Waals surface area contributed by atoms with Gasteiger partial charge in [0.2, 0.25) is 0 Å². The molecule has 0 unspecified atom stereocenters. The van der Waals surface area contributed by atoms with E-state index in [9.17, 15) is 0 Å². The van der Waals surface area contributed by atoms with Crippen LogP contribution in [0.2, 0.25) is 0 Å². The third kappa shape index (κ3) is 6.65. The number of morpholine rings is 2. The summed E-state index contributed by atoms with van der Waals surface area (Å²) in [6.07, 6.45) is 0. The van der Waals surface area contributed by atoms with Gasteiger partial charge in [-0.05, 0) is 0 Å². The summed E-state index contributed by atoms with van der Waals surface area (Å²) >= 11 is 0. The van der Waals surface area contributed by atoms with Gasteiger partial charge in [-0.1, -0.05) is 0 Å². The Labute approximate surface area is 115 Å². The van der Waals surface area contributed by atoms with Gasteiger partial charge in [0.1, 0.15) is 6.79 Å². The molecule has 0 aromatic heterocycles. The van der Waals surface area contributed by atoms with E-state index in [-0.39, 0.29) is 0 Å². The fourth-order valence-electron chi connectivity index (χ4n) is 2.21. The van der Waals surface area contributed by atoms with E-state index in [2.05, 4.69) is 9.80 Å². The molecule has 0 amide bonds. The predicted octanol–water partition coefficient (Wildman–Crippen LogP) is -0.358. The van der Waals surface area contributed by atoms with E-state index in [4.69, 9.17) is 18.9 Å². The van der Waals surface area contributed by atoms with Crippen molar-refractivity contribution in [1.29, 1.82) is 0 Å². The molecule has 2 saturated heterocycles. The second-order valence-electron chi connectivity index (χ2n) is 4.84. The molecular weight excluding hydrogens is 248 g/mol. The highest BCUT2D eigenvalue weighted by Gasteiger charge is 2.10. The van der Waals surface area contributed by atoms with Gasteiger partial charge in [0.05, 0.1) is 39.6 Å².